The number of amides is 3. The first-order valence-corrected chi connectivity index (χ1v) is 10.9. The Morgan fingerprint density at radius 1 is 1.12 bits per heavy atom. The number of aliphatic hydroxyl groups excluding tert-OH is 2. The molecule has 0 fully saturated rings. The first-order valence-electron chi connectivity index (χ1n) is 10.9. The highest BCUT2D eigenvalue weighted by Gasteiger charge is 2.35. The Morgan fingerprint density at radius 3 is 2.30 bits per heavy atom. The molecule has 1 aliphatic carbocycles. The zero-order valence-corrected chi connectivity index (χ0v) is 19.1. The van der Waals surface area contributed by atoms with Crippen LogP contribution in [0.3, 0.4) is 0 Å². The summed E-state index contributed by atoms with van der Waals surface area (Å²) in [7, 11) is 1.66. The third kappa shape index (κ3) is 7.55. The number of hydrogen-bond donors (Lipinski definition) is 7. The number of benzene rings is 1. The number of nitrogens with one attached hydrogen (secondary N) is 3. The predicted octanol–water partition coefficient (Wildman–Crippen LogP) is -0.924. The molecule has 5 atom stereocenters. The van der Waals surface area contributed by atoms with Gasteiger partial charge in [0.1, 0.15) is 17.9 Å². The second-order valence-electron chi connectivity index (χ2n) is 8.76. The fraction of sp³-hybridized carbons (Fsp3) is 0.522. The molecular formula is C23H34N4O6. The van der Waals surface area contributed by atoms with Gasteiger partial charge in [-0.1, -0.05) is 32.1 Å². The minimum atomic E-state index is -1.29. The van der Waals surface area contributed by atoms with Crippen molar-refractivity contribution in [3.63, 3.8) is 0 Å². The molecule has 0 aromatic heterocycles. The third-order valence-electron chi connectivity index (χ3n) is 5.57. The molecule has 1 aromatic carbocycles. The minimum Gasteiger partial charge on any atom is -0.508 e. The highest BCUT2D eigenvalue weighted by Crippen LogP contribution is 2.21. The van der Waals surface area contributed by atoms with E-state index in [0.717, 1.165) is 0 Å². The van der Waals surface area contributed by atoms with E-state index in [-0.39, 0.29) is 36.0 Å². The lowest BCUT2D eigenvalue weighted by atomic mass is 9.89. The van der Waals surface area contributed by atoms with E-state index < -0.39 is 42.1 Å². The Labute approximate surface area is 193 Å². The van der Waals surface area contributed by atoms with Gasteiger partial charge < -0.3 is 37.0 Å². The van der Waals surface area contributed by atoms with E-state index in [1.54, 1.807) is 19.2 Å². The highest BCUT2D eigenvalue weighted by molar-refractivity contribution is 5.97. The fourth-order valence-corrected chi connectivity index (χ4v) is 3.70. The maximum absolute atomic E-state index is 12.8. The van der Waals surface area contributed by atoms with E-state index in [1.807, 2.05) is 13.8 Å². The molecule has 8 N–H and O–H groups in total. The molecule has 10 heteroatoms. The summed E-state index contributed by atoms with van der Waals surface area (Å²) in [5.41, 5.74) is 6.25. The number of carbonyl (C=O) groups is 3. The Morgan fingerprint density at radius 2 is 1.76 bits per heavy atom. The van der Waals surface area contributed by atoms with Gasteiger partial charge in [0.15, 0.2) is 0 Å². The van der Waals surface area contributed by atoms with Crippen LogP contribution >= 0.6 is 0 Å². The number of hydrogen-bond acceptors (Lipinski definition) is 7. The minimum absolute atomic E-state index is 0.0697. The van der Waals surface area contributed by atoms with Crippen molar-refractivity contribution < 1.29 is 29.7 Å². The molecule has 2 rings (SSSR count). The molecule has 0 aliphatic heterocycles. The number of primary amides is 1. The van der Waals surface area contributed by atoms with Crippen molar-refractivity contribution in [1.29, 1.82) is 0 Å². The molecule has 0 radical (unpaired) electrons. The van der Waals surface area contributed by atoms with E-state index in [0.29, 0.717) is 12.0 Å². The monoisotopic (exact) mass is 462 g/mol. The van der Waals surface area contributed by atoms with E-state index in [4.69, 9.17) is 5.73 Å². The predicted molar refractivity (Wildman–Crippen MR) is 122 cm³/mol. The number of phenolic OH excluding ortho intramolecular Hbond substituents is 1. The van der Waals surface area contributed by atoms with Crippen LogP contribution in [0.2, 0.25) is 0 Å². The Bertz CT molecular complexity index is 870. The van der Waals surface area contributed by atoms with E-state index in [9.17, 15) is 29.7 Å². The molecule has 182 valence electrons. The van der Waals surface area contributed by atoms with Crippen LogP contribution in [0.5, 0.6) is 5.75 Å². The first kappa shape index (κ1) is 26.3. The van der Waals surface area contributed by atoms with Crippen molar-refractivity contribution in [3.8, 4) is 5.75 Å². The molecule has 1 aromatic rings. The zero-order chi connectivity index (χ0) is 24.7. The maximum atomic E-state index is 12.8. The summed E-state index contributed by atoms with van der Waals surface area (Å²) in [5.74, 6) is -1.41. The van der Waals surface area contributed by atoms with Gasteiger partial charge in [-0.2, -0.15) is 0 Å². The summed E-state index contributed by atoms with van der Waals surface area (Å²) in [6.45, 7) is 3.96. The van der Waals surface area contributed by atoms with Crippen molar-refractivity contribution in [2.24, 2.45) is 11.7 Å². The summed E-state index contributed by atoms with van der Waals surface area (Å²) in [6.07, 6.45) is -0.632. The standard InChI is InChI=1S/C23H34N4O6/c1-12(2)8-18(25-3)23(33)26-16-10-14(11-19(29)20(16)30)22(32)27-17(21(24)31)9-13-4-6-15(28)7-5-13/h4-7,10,12,16-20,25,28-30H,8-9,11H2,1-3H3,(H2,24,31)(H,26,33)(H,27,32)/t16-,17-,18-,19+,20+/m0/s1. The van der Waals surface area contributed by atoms with Gasteiger partial charge in [-0.3, -0.25) is 14.4 Å². The molecule has 3 amide bonds. The Hall–Kier alpha value is -2.95. The molecule has 1 aliphatic rings. The van der Waals surface area contributed by atoms with E-state index >= 15 is 0 Å². The summed E-state index contributed by atoms with van der Waals surface area (Å²) in [5, 5.41) is 38.2. The van der Waals surface area contributed by atoms with Gasteiger partial charge in [0.25, 0.3) is 0 Å². The number of phenols is 1. The quantitative estimate of drug-likeness (QED) is 0.235. The number of likely N-dealkylation sites (N-methyl/N-ethyl adjacent to an activating group) is 1. The number of aromatic hydroxyl groups is 1. The van der Waals surface area contributed by atoms with Gasteiger partial charge in [0.05, 0.1) is 18.2 Å². The van der Waals surface area contributed by atoms with E-state index in [1.165, 1.54) is 18.2 Å². The Kier molecular flexibility index (Phi) is 9.39. The number of aliphatic hydroxyl groups is 2. The molecule has 0 bridgehead atoms. The molecule has 33 heavy (non-hydrogen) atoms. The second kappa shape index (κ2) is 11.8. The largest absolute Gasteiger partial charge is 0.508 e. The van der Waals surface area contributed by atoms with Crippen LogP contribution in [0.4, 0.5) is 0 Å². The van der Waals surface area contributed by atoms with Crippen LogP contribution in [0.1, 0.15) is 32.3 Å². The van der Waals surface area contributed by atoms with Gasteiger partial charge >= 0.3 is 0 Å². The number of carbonyl (C=O) groups excluding carboxylic acids is 3. The maximum Gasteiger partial charge on any atom is 0.247 e. The Balaban J connectivity index is 2.13. The molecule has 0 unspecified atom stereocenters. The van der Waals surface area contributed by atoms with Crippen molar-refractivity contribution in [2.45, 2.75) is 63.4 Å². The van der Waals surface area contributed by atoms with Crippen LogP contribution in [0.25, 0.3) is 0 Å². The van der Waals surface area contributed by atoms with Gasteiger partial charge in [0.2, 0.25) is 17.7 Å². The topological polar surface area (TPSA) is 174 Å². The number of nitrogens with two attached hydrogens (primary N) is 1. The van der Waals surface area contributed by atoms with Crippen LogP contribution in [0.15, 0.2) is 35.9 Å². The average molecular weight is 463 g/mol. The van der Waals surface area contributed by atoms with Gasteiger partial charge in [-0.15, -0.1) is 0 Å². The average Bonchev–Trinajstić information content (AvgIpc) is 2.75. The number of rotatable bonds is 10. The van der Waals surface area contributed by atoms with Crippen molar-refractivity contribution >= 4 is 17.7 Å². The van der Waals surface area contributed by atoms with Crippen LogP contribution < -0.4 is 21.7 Å². The normalized spacial score (nSPS) is 22.2. The lowest BCUT2D eigenvalue weighted by Crippen LogP contribution is -2.55. The molecule has 0 heterocycles. The van der Waals surface area contributed by atoms with Gasteiger partial charge in [-0.05, 0) is 37.1 Å². The molecule has 0 spiro atoms. The second-order valence-corrected chi connectivity index (χ2v) is 8.76. The van der Waals surface area contributed by atoms with Gasteiger partial charge in [-0.25, -0.2) is 0 Å². The van der Waals surface area contributed by atoms with Gasteiger partial charge in [0, 0.05) is 18.4 Å². The van der Waals surface area contributed by atoms with E-state index in [2.05, 4.69) is 16.0 Å². The van der Waals surface area contributed by atoms with Crippen molar-refractivity contribution in [1.82, 2.24) is 16.0 Å². The highest BCUT2D eigenvalue weighted by atomic mass is 16.3. The molecular weight excluding hydrogens is 428 g/mol. The smallest absolute Gasteiger partial charge is 0.247 e. The summed E-state index contributed by atoms with van der Waals surface area (Å²) < 4.78 is 0. The SMILES string of the molecule is CN[C@@H](CC(C)C)C(=O)N[C@H]1C=C(C(=O)N[C@@H](Cc2ccc(O)cc2)C(N)=O)C[C@@H](O)[C@@H]1O. The molecule has 0 saturated heterocycles. The first-order chi connectivity index (χ1) is 15.5. The third-order valence-corrected chi connectivity index (χ3v) is 5.57. The van der Waals surface area contributed by atoms with Crippen LogP contribution in [-0.2, 0) is 20.8 Å². The summed E-state index contributed by atoms with van der Waals surface area (Å²) >= 11 is 0. The zero-order valence-electron chi connectivity index (χ0n) is 19.1. The van der Waals surface area contributed by atoms with Crippen molar-refractivity contribution in [3.05, 3.63) is 41.5 Å². The van der Waals surface area contributed by atoms with Crippen LogP contribution in [0, 0.1) is 5.92 Å². The molecule has 0 saturated carbocycles. The van der Waals surface area contributed by atoms with Crippen molar-refractivity contribution in [2.75, 3.05) is 7.05 Å². The summed E-state index contributed by atoms with van der Waals surface area (Å²) in [6, 6.07) is 3.64. The lowest BCUT2D eigenvalue weighted by Gasteiger charge is -2.32. The molecule has 10 nitrogen and oxygen atoms in total. The lowest BCUT2D eigenvalue weighted by molar-refractivity contribution is -0.126. The fourth-order valence-electron chi connectivity index (χ4n) is 3.70. The van der Waals surface area contributed by atoms with Crippen LogP contribution in [-0.4, -0.2) is 70.4 Å². The summed E-state index contributed by atoms with van der Waals surface area (Å²) in [4.78, 5) is 37.4.